The number of halogens is 1. The molecule has 4 rings (SSSR count). The Bertz CT molecular complexity index is 1310. The minimum Gasteiger partial charge on any atom is -0.454 e. The first-order chi connectivity index (χ1) is 14.8. The van der Waals surface area contributed by atoms with Crippen LogP contribution in [0.1, 0.15) is 32.1 Å². The molecule has 0 aliphatic heterocycles. The molecular formula is C25H21BrN2O3. The van der Waals surface area contributed by atoms with Gasteiger partial charge in [-0.3, -0.25) is 4.79 Å². The third kappa shape index (κ3) is 4.16. The van der Waals surface area contributed by atoms with Gasteiger partial charge < -0.3 is 9.30 Å². The fourth-order valence-corrected chi connectivity index (χ4v) is 3.80. The SMILES string of the molecule is Cc1cc(C(=O)COC(=O)c2cc(-c3ccc(Br)cc3)nc3ccccc23)c(C)n1C. The van der Waals surface area contributed by atoms with Gasteiger partial charge in [-0.25, -0.2) is 9.78 Å². The lowest BCUT2D eigenvalue weighted by Gasteiger charge is -2.10. The van der Waals surface area contributed by atoms with E-state index in [0.717, 1.165) is 21.4 Å². The number of aromatic nitrogens is 2. The van der Waals surface area contributed by atoms with Gasteiger partial charge in [-0.15, -0.1) is 0 Å². The van der Waals surface area contributed by atoms with Gasteiger partial charge in [0.25, 0.3) is 0 Å². The van der Waals surface area contributed by atoms with Gasteiger partial charge >= 0.3 is 5.97 Å². The summed E-state index contributed by atoms with van der Waals surface area (Å²) in [6.45, 7) is 3.50. The molecule has 0 fully saturated rings. The number of ketones is 1. The summed E-state index contributed by atoms with van der Waals surface area (Å²) in [6.07, 6.45) is 0. The van der Waals surface area contributed by atoms with E-state index in [9.17, 15) is 9.59 Å². The number of aryl methyl sites for hydroxylation is 1. The van der Waals surface area contributed by atoms with E-state index in [-0.39, 0.29) is 12.4 Å². The van der Waals surface area contributed by atoms with Gasteiger partial charge in [0, 0.05) is 39.4 Å². The molecular weight excluding hydrogens is 456 g/mol. The average molecular weight is 477 g/mol. The van der Waals surface area contributed by atoms with E-state index in [1.807, 2.05) is 80.1 Å². The van der Waals surface area contributed by atoms with Gasteiger partial charge in [0.2, 0.25) is 5.78 Å². The summed E-state index contributed by atoms with van der Waals surface area (Å²) < 4.78 is 8.33. The first-order valence-corrected chi connectivity index (χ1v) is 10.6. The first-order valence-electron chi connectivity index (χ1n) is 9.84. The molecule has 156 valence electrons. The smallest absolute Gasteiger partial charge is 0.339 e. The molecule has 4 aromatic rings. The molecule has 6 heteroatoms. The first kappa shape index (κ1) is 21.0. The number of nitrogens with zero attached hydrogens (tertiary/aromatic N) is 2. The summed E-state index contributed by atoms with van der Waals surface area (Å²) in [5, 5.41) is 0.688. The van der Waals surface area contributed by atoms with Crippen molar-refractivity contribution in [2.75, 3.05) is 6.61 Å². The highest BCUT2D eigenvalue weighted by atomic mass is 79.9. The second-order valence-corrected chi connectivity index (χ2v) is 8.34. The highest BCUT2D eigenvalue weighted by Gasteiger charge is 2.19. The topological polar surface area (TPSA) is 61.2 Å². The number of esters is 1. The lowest BCUT2D eigenvalue weighted by molar-refractivity contribution is 0.0476. The number of pyridine rings is 1. The fourth-order valence-electron chi connectivity index (χ4n) is 3.54. The van der Waals surface area contributed by atoms with Gasteiger partial charge in [0.1, 0.15) is 0 Å². The van der Waals surface area contributed by atoms with E-state index in [1.54, 1.807) is 6.07 Å². The van der Waals surface area contributed by atoms with Crippen molar-refractivity contribution in [2.24, 2.45) is 7.05 Å². The molecule has 2 aromatic heterocycles. The van der Waals surface area contributed by atoms with Gasteiger partial charge in [0.05, 0.1) is 16.8 Å². The number of benzene rings is 2. The number of hydrogen-bond acceptors (Lipinski definition) is 4. The summed E-state index contributed by atoms with van der Waals surface area (Å²) in [5.74, 6) is -0.767. The van der Waals surface area contributed by atoms with Crippen LogP contribution in [0, 0.1) is 13.8 Å². The summed E-state index contributed by atoms with van der Waals surface area (Å²) in [4.78, 5) is 30.3. The third-order valence-electron chi connectivity index (χ3n) is 5.49. The van der Waals surface area contributed by atoms with Crippen LogP contribution in [0.3, 0.4) is 0 Å². The molecule has 0 bridgehead atoms. The highest BCUT2D eigenvalue weighted by Crippen LogP contribution is 2.26. The second-order valence-electron chi connectivity index (χ2n) is 7.42. The lowest BCUT2D eigenvalue weighted by Crippen LogP contribution is -2.15. The molecule has 0 spiro atoms. The molecule has 2 heterocycles. The van der Waals surface area contributed by atoms with Crippen molar-refractivity contribution in [2.45, 2.75) is 13.8 Å². The summed E-state index contributed by atoms with van der Waals surface area (Å²) in [5.41, 5.74) is 5.03. The van der Waals surface area contributed by atoms with Crippen molar-refractivity contribution >= 4 is 38.6 Å². The molecule has 0 amide bonds. The van der Waals surface area contributed by atoms with E-state index < -0.39 is 5.97 Å². The molecule has 0 saturated heterocycles. The van der Waals surface area contributed by atoms with Crippen molar-refractivity contribution in [3.05, 3.63) is 87.7 Å². The maximum atomic E-state index is 13.0. The zero-order valence-corrected chi connectivity index (χ0v) is 19.1. The van der Waals surface area contributed by atoms with Crippen LogP contribution in [0.25, 0.3) is 22.2 Å². The van der Waals surface area contributed by atoms with Gasteiger partial charge in [0.15, 0.2) is 6.61 Å². The predicted octanol–water partition coefficient (Wildman–Crippen LogP) is 5.66. The zero-order chi connectivity index (χ0) is 22.1. The van der Waals surface area contributed by atoms with Crippen LogP contribution in [0.2, 0.25) is 0 Å². The Kier molecular flexibility index (Phi) is 5.74. The van der Waals surface area contributed by atoms with E-state index in [2.05, 4.69) is 15.9 Å². The average Bonchev–Trinajstić information content (AvgIpc) is 3.04. The normalized spacial score (nSPS) is 11.0. The van der Waals surface area contributed by atoms with Gasteiger partial charge in [-0.1, -0.05) is 46.3 Å². The Balaban J connectivity index is 1.64. The van der Waals surface area contributed by atoms with Crippen molar-refractivity contribution in [3.8, 4) is 11.3 Å². The standard InChI is InChI=1S/C25H21BrN2O3/c1-15-12-20(16(2)28(15)3)24(29)14-31-25(30)21-13-23(17-8-10-18(26)11-9-17)27-22-7-5-4-6-19(21)22/h4-13H,14H2,1-3H3. The third-order valence-corrected chi connectivity index (χ3v) is 6.01. The minimum absolute atomic E-state index is 0.221. The van der Waals surface area contributed by atoms with Crippen LogP contribution < -0.4 is 0 Å². The number of fused-ring (bicyclic) bond motifs is 1. The molecule has 0 saturated carbocycles. The van der Waals surface area contributed by atoms with Gasteiger partial charge in [-0.05, 0) is 44.2 Å². The van der Waals surface area contributed by atoms with Crippen molar-refractivity contribution in [3.63, 3.8) is 0 Å². The molecule has 2 aromatic carbocycles. The Morgan fingerprint density at radius 2 is 1.71 bits per heavy atom. The van der Waals surface area contributed by atoms with Crippen molar-refractivity contribution in [1.29, 1.82) is 0 Å². The van der Waals surface area contributed by atoms with Crippen LogP contribution >= 0.6 is 15.9 Å². The lowest BCUT2D eigenvalue weighted by atomic mass is 10.0. The minimum atomic E-state index is -0.546. The monoisotopic (exact) mass is 476 g/mol. The zero-order valence-electron chi connectivity index (χ0n) is 17.5. The number of ether oxygens (including phenoxy) is 1. The molecule has 0 radical (unpaired) electrons. The largest absolute Gasteiger partial charge is 0.454 e. The Morgan fingerprint density at radius 3 is 2.39 bits per heavy atom. The molecule has 0 N–H and O–H groups in total. The maximum Gasteiger partial charge on any atom is 0.339 e. The van der Waals surface area contributed by atoms with Crippen LogP contribution in [0.4, 0.5) is 0 Å². The number of carbonyl (C=O) groups is 2. The second kappa shape index (κ2) is 8.47. The molecule has 0 unspecified atom stereocenters. The highest BCUT2D eigenvalue weighted by molar-refractivity contribution is 9.10. The van der Waals surface area contributed by atoms with E-state index in [0.29, 0.717) is 27.7 Å². The van der Waals surface area contributed by atoms with E-state index >= 15 is 0 Å². The van der Waals surface area contributed by atoms with E-state index in [1.165, 1.54) is 0 Å². The maximum absolute atomic E-state index is 13.0. The Hall–Kier alpha value is -3.25. The summed E-state index contributed by atoms with van der Waals surface area (Å²) in [7, 11) is 1.90. The quantitative estimate of drug-likeness (QED) is 0.275. The number of hydrogen-bond donors (Lipinski definition) is 0. The molecule has 0 aliphatic rings. The Morgan fingerprint density at radius 1 is 1.00 bits per heavy atom. The van der Waals surface area contributed by atoms with Crippen LogP contribution in [0.5, 0.6) is 0 Å². The molecule has 5 nitrogen and oxygen atoms in total. The summed E-state index contributed by atoms with van der Waals surface area (Å²) in [6, 6.07) is 18.7. The summed E-state index contributed by atoms with van der Waals surface area (Å²) >= 11 is 3.43. The number of rotatable bonds is 5. The number of Topliss-reactive ketones (excluding diaryl/α,β-unsaturated/α-hetero) is 1. The molecule has 0 aliphatic carbocycles. The van der Waals surface area contributed by atoms with E-state index in [4.69, 9.17) is 9.72 Å². The number of para-hydroxylation sites is 1. The van der Waals surface area contributed by atoms with Crippen LogP contribution in [-0.4, -0.2) is 27.9 Å². The molecule has 31 heavy (non-hydrogen) atoms. The van der Waals surface area contributed by atoms with Crippen molar-refractivity contribution < 1.29 is 14.3 Å². The van der Waals surface area contributed by atoms with Crippen LogP contribution in [0.15, 0.2) is 65.1 Å². The Labute approximate surface area is 188 Å². The predicted molar refractivity (Wildman–Crippen MR) is 124 cm³/mol. The van der Waals surface area contributed by atoms with Crippen LogP contribution in [-0.2, 0) is 11.8 Å². The fraction of sp³-hybridized carbons (Fsp3) is 0.160. The van der Waals surface area contributed by atoms with Crippen molar-refractivity contribution in [1.82, 2.24) is 9.55 Å². The number of carbonyl (C=O) groups excluding carboxylic acids is 2. The van der Waals surface area contributed by atoms with Gasteiger partial charge in [-0.2, -0.15) is 0 Å². The molecule has 0 atom stereocenters.